The zero-order valence-electron chi connectivity index (χ0n) is 10.6. The van der Waals surface area contributed by atoms with Gasteiger partial charge < -0.3 is 9.84 Å². The van der Waals surface area contributed by atoms with Crippen molar-refractivity contribution in [2.75, 3.05) is 20.3 Å². The Bertz CT molecular complexity index is 402. The summed E-state index contributed by atoms with van der Waals surface area (Å²) in [7, 11) is 1.38. The van der Waals surface area contributed by atoms with E-state index in [1.807, 2.05) is 12.1 Å². The lowest BCUT2D eigenvalue weighted by Gasteiger charge is -2.22. The largest absolute Gasteiger partial charge is 0.465 e. The summed E-state index contributed by atoms with van der Waals surface area (Å²) < 4.78 is 4.66. The maximum Gasteiger partial charge on any atom is 0.337 e. The number of ether oxygens (including phenoxy) is 1. The highest BCUT2D eigenvalue weighted by Gasteiger charge is 2.23. The van der Waals surface area contributed by atoms with Crippen molar-refractivity contribution >= 4 is 5.97 Å². The van der Waals surface area contributed by atoms with Gasteiger partial charge in [0.05, 0.1) is 19.3 Å². The van der Waals surface area contributed by atoms with Crippen molar-refractivity contribution in [2.24, 2.45) is 0 Å². The van der Waals surface area contributed by atoms with E-state index in [9.17, 15) is 9.90 Å². The molecule has 18 heavy (non-hydrogen) atoms. The van der Waals surface area contributed by atoms with Gasteiger partial charge in [0.15, 0.2) is 0 Å². The topological polar surface area (TPSA) is 49.8 Å². The van der Waals surface area contributed by atoms with Crippen LogP contribution in [0, 0.1) is 0 Å². The summed E-state index contributed by atoms with van der Waals surface area (Å²) in [5, 5.41) is 9.26. The number of rotatable bonds is 4. The van der Waals surface area contributed by atoms with Crippen LogP contribution in [-0.2, 0) is 11.3 Å². The Morgan fingerprint density at radius 3 is 2.78 bits per heavy atom. The Morgan fingerprint density at radius 1 is 1.44 bits per heavy atom. The second-order valence-electron chi connectivity index (χ2n) is 4.64. The number of methoxy groups -OCH3 is 1. The van der Waals surface area contributed by atoms with Gasteiger partial charge in [0.25, 0.3) is 0 Å². The first kappa shape index (κ1) is 13.1. The number of benzene rings is 1. The average molecular weight is 249 g/mol. The summed E-state index contributed by atoms with van der Waals surface area (Å²) in [5.41, 5.74) is 1.73. The molecule has 0 aromatic heterocycles. The van der Waals surface area contributed by atoms with Crippen LogP contribution in [-0.4, -0.2) is 42.3 Å². The van der Waals surface area contributed by atoms with E-state index in [0.29, 0.717) is 5.56 Å². The molecule has 0 spiro atoms. The molecule has 1 N–H and O–H groups in total. The monoisotopic (exact) mass is 249 g/mol. The van der Waals surface area contributed by atoms with Gasteiger partial charge in [-0.3, -0.25) is 4.90 Å². The van der Waals surface area contributed by atoms with Gasteiger partial charge in [-0.25, -0.2) is 4.79 Å². The van der Waals surface area contributed by atoms with Crippen LogP contribution in [0.1, 0.15) is 28.8 Å². The molecule has 1 heterocycles. The number of hydrogen-bond donors (Lipinski definition) is 1. The van der Waals surface area contributed by atoms with E-state index >= 15 is 0 Å². The molecule has 1 aromatic carbocycles. The van der Waals surface area contributed by atoms with E-state index in [0.717, 1.165) is 31.5 Å². The van der Waals surface area contributed by atoms with Crippen molar-refractivity contribution in [3.05, 3.63) is 35.4 Å². The van der Waals surface area contributed by atoms with Crippen molar-refractivity contribution in [1.82, 2.24) is 4.90 Å². The van der Waals surface area contributed by atoms with E-state index in [4.69, 9.17) is 0 Å². The van der Waals surface area contributed by atoms with E-state index in [1.165, 1.54) is 7.11 Å². The Labute approximate surface area is 107 Å². The molecule has 0 amide bonds. The quantitative estimate of drug-likeness (QED) is 0.820. The Balaban J connectivity index is 2.00. The maximum absolute atomic E-state index is 11.3. The van der Waals surface area contributed by atoms with Gasteiger partial charge in [-0.2, -0.15) is 0 Å². The number of esters is 1. The Morgan fingerprint density at radius 2 is 2.17 bits per heavy atom. The highest BCUT2D eigenvalue weighted by atomic mass is 16.5. The minimum absolute atomic E-state index is 0.222. The predicted molar refractivity (Wildman–Crippen MR) is 68.3 cm³/mol. The SMILES string of the molecule is COC(=O)c1ccc(CN2CCC[C@H]2CO)cc1. The highest BCUT2D eigenvalue weighted by molar-refractivity contribution is 5.89. The number of aliphatic hydroxyl groups excluding tert-OH is 1. The molecule has 0 saturated carbocycles. The van der Waals surface area contributed by atoms with Crippen LogP contribution in [0.15, 0.2) is 24.3 Å². The number of carbonyl (C=O) groups is 1. The average Bonchev–Trinajstić information content (AvgIpc) is 2.86. The molecule has 0 radical (unpaired) electrons. The third kappa shape index (κ3) is 2.89. The molecule has 4 nitrogen and oxygen atoms in total. The molecule has 98 valence electrons. The fourth-order valence-electron chi connectivity index (χ4n) is 2.41. The number of carbonyl (C=O) groups excluding carboxylic acids is 1. The molecule has 0 unspecified atom stereocenters. The van der Waals surface area contributed by atoms with Crippen LogP contribution < -0.4 is 0 Å². The van der Waals surface area contributed by atoms with Gasteiger partial charge >= 0.3 is 5.97 Å². The van der Waals surface area contributed by atoms with Crippen molar-refractivity contribution in [3.63, 3.8) is 0 Å². The van der Waals surface area contributed by atoms with Crippen LogP contribution in [0.5, 0.6) is 0 Å². The normalized spacial score (nSPS) is 20.0. The summed E-state index contributed by atoms with van der Waals surface area (Å²) in [6, 6.07) is 7.74. The molecule has 0 aliphatic carbocycles. The van der Waals surface area contributed by atoms with Gasteiger partial charge in [0, 0.05) is 12.6 Å². The third-order valence-electron chi connectivity index (χ3n) is 3.47. The fraction of sp³-hybridized carbons (Fsp3) is 0.500. The molecule has 1 atom stereocenters. The number of hydrogen-bond acceptors (Lipinski definition) is 4. The number of aliphatic hydroxyl groups is 1. The third-order valence-corrected chi connectivity index (χ3v) is 3.47. The van der Waals surface area contributed by atoms with Gasteiger partial charge in [-0.15, -0.1) is 0 Å². The second-order valence-corrected chi connectivity index (χ2v) is 4.64. The van der Waals surface area contributed by atoms with Crippen LogP contribution in [0.2, 0.25) is 0 Å². The van der Waals surface area contributed by atoms with Gasteiger partial charge in [-0.1, -0.05) is 12.1 Å². The maximum atomic E-state index is 11.3. The van der Waals surface area contributed by atoms with Gasteiger partial charge in [0.1, 0.15) is 0 Å². The van der Waals surface area contributed by atoms with E-state index in [2.05, 4.69) is 9.64 Å². The summed E-state index contributed by atoms with van der Waals surface area (Å²) in [4.78, 5) is 13.6. The van der Waals surface area contributed by atoms with E-state index in [1.54, 1.807) is 12.1 Å². The zero-order chi connectivity index (χ0) is 13.0. The number of nitrogens with zero attached hydrogens (tertiary/aromatic N) is 1. The predicted octanol–water partition coefficient (Wildman–Crippen LogP) is 1.43. The van der Waals surface area contributed by atoms with E-state index < -0.39 is 0 Å². The zero-order valence-corrected chi connectivity index (χ0v) is 10.6. The summed E-state index contributed by atoms with van der Waals surface area (Å²) in [6.45, 7) is 2.08. The fourth-order valence-corrected chi connectivity index (χ4v) is 2.41. The number of likely N-dealkylation sites (tertiary alicyclic amines) is 1. The second kappa shape index (κ2) is 5.98. The first-order chi connectivity index (χ1) is 8.74. The standard InChI is InChI=1S/C14H19NO3/c1-18-14(17)12-6-4-11(5-7-12)9-15-8-2-3-13(15)10-16/h4-7,13,16H,2-3,8-10H2,1H3/t13-/m0/s1. The van der Waals surface area contributed by atoms with E-state index in [-0.39, 0.29) is 18.6 Å². The van der Waals surface area contributed by atoms with Crippen molar-refractivity contribution < 1.29 is 14.6 Å². The molecule has 1 fully saturated rings. The lowest BCUT2D eigenvalue weighted by Crippen LogP contribution is -2.31. The first-order valence-electron chi connectivity index (χ1n) is 6.26. The van der Waals surface area contributed by atoms with Crippen LogP contribution >= 0.6 is 0 Å². The van der Waals surface area contributed by atoms with Crippen LogP contribution in [0.4, 0.5) is 0 Å². The molecule has 2 rings (SSSR count). The molecule has 1 aliphatic heterocycles. The molecule has 1 saturated heterocycles. The summed E-state index contributed by atoms with van der Waals surface area (Å²) in [5.74, 6) is -0.309. The minimum Gasteiger partial charge on any atom is -0.465 e. The Kier molecular flexibility index (Phi) is 4.33. The van der Waals surface area contributed by atoms with Crippen molar-refractivity contribution in [3.8, 4) is 0 Å². The summed E-state index contributed by atoms with van der Waals surface area (Å²) in [6.07, 6.45) is 2.21. The summed E-state index contributed by atoms with van der Waals surface area (Å²) >= 11 is 0. The smallest absolute Gasteiger partial charge is 0.337 e. The molecule has 0 bridgehead atoms. The lowest BCUT2D eigenvalue weighted by molar-refractivity contribution is 0.0600. The van der Waals surface area contributed by atoms with Gasteiger partial charge in [-0.05, 0) is 37.1 Å². The molecule has 1 aromatic rings. The Hall–Kier alpha value is -1.39. The van der Waals surface area contributed by atoms with Crippen LogP contribution in [0.25, 0.3) is 0 Å². The molecule has 4 heteroatoms. The lowest BCUT2D eigenvalue weighted by atomic mass is 10.1. The van der Waals surface area contributed by atoms with Gasteiger partial charge in [0.2, 0.25) is 0 Å². The van der Waals surface area contributed by atoms with Crippen molar-refractivity contribution in [2.45, 2.75) is 25.4 Å². The molecular weight excluding hydrogens is 230 g/mol. The molecule has 1 aliphatic rings. The first-order valence-corrected chi connectivity index (χ1v) is 6.26. The highest BCUT2D eigenvalue weighted by Crippen LogP contribution is 2.19. The van der Waals surface area contributed by atoms with Crippen LogP contribution in [0.3, 0.4) is 0 Å². The molecular formula is C14H19NO3. The van der Waals surface area contributed by atoms with Crippen molar-refractivity contribution in [1.29, 1.82) is 0 Å². The minimum atomic E-state index is -0.309.